The van der Waals surface area contributed by atoms with E-state index in [9.17, 15) is 4.79 Å². The molecule has 1 aliphatic heterocycles. The molecule has 1 atom stereocenters. The number of carbonyl (C=O) groups excluding carboxylic acids is 1. The summed E-state index contributed by atoms with van der Waals surface area (Å²) in [5.41, 5.74) is 0.282. The Morgan fingerprint density at radius 3 is 3.29 bits per heavy atom. The number of ether oxygens (including phenoxy) is 2. The van der Waals surface area contributed by atoms with Crippen molar-refractivity contribution in [2.45, 2.75) is 13.0 Å². The lowest BCUT2D eigenvalue weighted by Gasteiger charge is -2.22. The highest BCUT2D eigenvalue weighted by atomic mass is 16.5. The lowest BCUT2D eigenvalue weighted by atomic mass is 10.2. The van der Waals surface area contributed by atoms with E-state index in [1.165, 1.54) is 0 Å². The highest BCUT2D eigenvalue weighted by Crippen LogP contribution is 2.11. The van der Waals surface area contributed by atoms with Crippen molar-refractivity contribution in [3.05, 3.63) is 23.8 Å². The topological polar surface area (TPSA) is 73.3 Å². The number of hydrogen-bond donors (Lipinski definition) is 1. The number of rotatable bonds is 3. The summed E-state index contributed by atoms with van der Waals surface area (Å²) in [6.07, 6.45) is 1.56. The summed E-state index contributed by atoms with van der Waals surface area (Å²) in [5.74, 6) is 0.142. The smallest absolute Gasteiger partial charge is 0.357 e. The minimum Gasteiger partial charge on any atom is -0.461 e. The summed E-state index contributed by atoms with van der Waals surface area (Å²) < 4.78 is 10.2. The fourth-order valence-electron chi connectivity index (χ4n) is 1.59. The predicted octanol–water partition coefficient (Wildman–Crippen LogP) is 0.314. The average Bonchev–Trinajstić information content (AvgIpc) is 2.40. The van der Waals surface area contributed by atoms with Crippen molar-refractivity contribution in [2.24, 2.45) is 0 Å². The van der Waals surface area contributed by atoms with Crippen molar-refractivity contribution in [3.8, 4) is 0 Å². The molecule has 1 unspecified atom stereocenters. The van der Waals surface area contributed by atoms with Crippen molar-refractivity contribution in [1.82, 2.24) is 15.3 Å². The summed E-state index contributed by atoms with van der Waals surface area (Å²) in [6.45, 7) is 4.07. The second kappa shape index (κ2) is 5.70. The summed E-state index contributed by atoms with van der Waals surface area (Å²) in [4.78, 5) is 19.8. The minimum atomic E-state index is -0.423. The number of aromatic nitrogens is 2. The van der Waals surface area contributed by atoms with Crippen molar-refractivity contribution >= 4 is 5.97 Å². The van der Waals surface area contributed by atoms with E-state index in [0.717, 1.165) is 6.54 Å². The zero-order valence-corrected chi connectivity index (χ0v) is 9.68. The predicted molar refractivity (Wildman–Crippen MR) is 59.6 cm³/mol. The highest BCUT2D eigenvalue weighted by molar-refractivity contribution is 5.87. The molecule has 17 heavy (non-hydrogen) atoms. The maximum Gasteiger partial charge on any atom is 0.357 e. The zero-order valence-electron chi connectivity index (χ0n) is 9.68. The summed E-state index contributed by atoms with van der Waals surface area (Å²) in [6, 6.07) is 1.49. The third kappa shape index (κ3) is 2.98. The van der Waals surface area contributed by atoms with Crippen LogP contribution in [0.15, 0.2) is 12.3 Å². The number of esters is 1. The summed E-state index contributed by atoms with van der Waals surface area (Å²) >= 11 is 0. The molecule has 2 rings (SSSR count). The Morgan fingerprint density at radius 1 is 1.71 bits per heavy atom. The Hall–Kier alpha value is -1.53. The van der Waals surface area contributed by atoms with E-state index in [-0.39, 0.29) is 11.7 Å². The Bertz CT molecular complexity index is 391. The second-order valence-electron chi connectivity index (χ2n) is 3.60. The quantitative estimate of drug-likeness (QED) is 0.763. The Balaban J connectivity index is 2.12. The molecular formula is C11H15N3O3. The summed E-state index contributed by atoms with van der Waals surface area (Å²) in [7, 11) is 0. The molecule has 6 heteroatoms. The van der Waals surface area contributed by atoms with Gasteiger partial charge in [0.1, 0.15) is 5.82 Å². The normalized spacial score (nSPS) is 19.9. The molecule has 1 aromatic heterocycles. The van der Waals surface area contributed by atoms with Gasteiger partial charge in [0.05, 0.1) is 25.9 Å². The van der Waals surface area contributed by atoms with Crippen LogP contribution in [0, 0.1) is 0 Å². The van der Waals surface area contributed by atoms with Gasteiger partial charge in [0.2, 0.25) is 0 Å². The van der Waals surface area contributed by atoms with E-state index in [1.807, 2.05) is 0 Å². The van der Waals surface area contributed by atoms with Crippen molar-refractivity contribution < 1.29 is 14.3 Å². The van der Waals surface area contributed by atoms with Crippen LogP contribution in [0.4, 0.5) is 0 Å². The van der Waals surface area contributed by atoms with Gasteiger partial charge in [-0.1, -0.05) is 0 Å². The molecule has 92 valence electrons. The SMILES string of the molecule is CCOC(=O)c1ccnc(C2COCCN2)n1. The average molecular weight is 237 g/mol. The molecule has 1 N–H and O–H groups in total. The molecule has 1 aromatic rings. The number of morpholine rings is 1. The van der Waals surface area contributed by atoms with E-state index in [2.05, 4.69) is 15.3 Å². The third-order valence-corrected chi connectivity index (χ3v) is 2.39. The van der Waals surface area contributed by atoms with E-state index in [0.29, 0.717) is 25.6 Å². The lowest BCUT2D eigenvalue weighted by molar-refractivity contribution is 0.0515. The van der Waals surface area contributed by atoms with Crippen LogP contribution in [-0.2, 0) is 9.47 Å². The zero-order chi connectivity index (χ0) is 12.1. The fraction of sp³-hybridized carbons (Fsp3) is 0.545. The molecular weight excluding hydrogens is 222 g/mol. The number of hydrogen-bond acceptors (Lipinski definition) is 6. The first-order valence-corrected chi connectivity index (χ1v) is 5.62. The number of carbonyl (C=O) groups is 1. The number of nitrogens with zero attached hydrogens (tertiary/aromatic N) is 2. The van der Waals surface area contributed by atoms with Crippen LogP contribution in [-0.4, -0.2) is 42.3 Å². The maximum atomic E-state index is 11.5. The maximum absolute atomic E-state index is 11.5. The van der Waals surface area contributed by atoms with Crippen LogP contribution < -0.4 is 5.32 Å². The largest absolute Gasteiger partial charge is 0.461 e. The van der Waals surface area contributed by atoms with Gasteiger partial charge in [0, 0.05) is 12.7 Å². The molecule has 0 radical (unpaired) electrons. The van der Waals surface area contributed by atoms with Gasteiger partial charge < -0.3 is 14.8 Å². The van der Waals surface area contributed by atoms with E-state index < -0.39 is 5.97 Å². The van der Waals surface area contributed by atoms with Crippen LogP contribution in [0.1, 0.15) is 29.3 Å². The molecule has 1 aliphatic rings. The Morgan fingerprint density at radius 2 is 2.59 bits per heavy atom. The second-order valence-corrected chi connectivity index (χ2v) is 3.60. The van der Waals surface area contributed by atoms with Crippen molar-refractivity contribution in [1.29, 1.82) is 0 Å². The highest BCUT2D eigenvalue weighted by Gasteiger charge is 2.19. The fourth-order valence-corrected chi connectivity index (χ4v) is 1.59. The Labute approximate surface area is 99.4 Å². The van der Waals surface area contributed by atoms with Crippen LogP contribution in [0.2, 0.25) is 0 Å². The molecule has 0 amide bonds. The minimum absolute atomic E-state index is 0.0573. The molecule has 6 nitrogen and oxygen atoms in total. The van der Waals surface area contributed by atoms with Gasteiger partial charge in [-0.25, -0.2) is 14.8 Å². The van der Waals surface area contributed by atoms with Gasteiger partial charge in [-0.3, -0.25) is 0 Å². The van der Waals surface area contributed by atoms with Crippen LogP contribution >= 0.6 is 0 Å². The molecule has 2 heterocycles. The van der Waals surface area contributed by atoms with E-state index >= 15 is 0 Å². The molecule has 0 spiro atoms. The lowest BCUT2D eigenvalue weighted by Crippen LogP contribution is -2.35. The monoisotopic (exact) mass is 237 g/mol. The Kier molecular flexibility index (Phi) is 4.00. The molecule has 1 saturated heterocycles. The van der Waals surface area contributed by atoms with E-state index in [4.69, 9.17) is 9.47 Å². The van der Waals surface area contributed by atoms with Crippen molar-refractivity contribution in [3.63, 3.8) is 0 Å². The first-order valence-electron chi connectivity index (χ1n) is 5.62. The van der Waals surface area contributed by atoms with Crippen LogP contribution in [0.5, 0.6) is 0 Å². The molecule has 0 saturated carbocycles. The van der Waals surface area contributed by atoms with Gasteiger partial charge in [-0.15, -0.1) is 0 Å². The molecule has 0 aromatic carbocycles. The van der Waals surface area contributed by atoms with Gasteiger partial charge in [0.25, 0.3) is 0 Å². The third-order valence-electron chi connectivity index (χ3n) is 2.39. The molecule has 0 aliphatic carbocycles. The molecule has 1 fully saturated rings. The van der Waals surface area contributed by atoms with Crippen molar-refractivity contribution in [2.75, 3.05) is 26.4 Å². The summed E-state index contributed by atoms with van der Waals surface area (Å²) in [5, 5.41) is 3.23. The van der Waals surface area contributed by atoms with E-state index in [1.54, 1.807) is 19.2 Å². The first-order chi connectivity index (χ1) is 8.31. The van der Waals surface area contributed by atoms with Crippen LogP contribution in [0.25, 0.3) is 0 Å². The first kappa shape index (κ1) is 11.9. The van der Waals surface area contributed by atoms with Gasteiger partial charge in [-0.05, 0) is 13.0 Å². The number of nitrogens with one attached hydrogen (secondary N) is 1. The van der Waals surface area contributed by atoms with Gasteiger partial charge >= 0.3 is 5.97 Å². The van der Waals surface area contributed by atoms with Crippen LogP contribution in [0.3, 0.4) is 0 Å². The molecule has 0 bridgehead atoms. The van der Waals surface area contributed by atoms with Gasteiger partial charge in [-0.2, -0.15) is 0 Å². The standard InChI is InChI=1S/C11H15N3O3/c1-2-17-11(15)8-3-4-13-10(14-8)9-7-16-6-5-12-9/h3-4,9,12H,2,5-7H2,1H3. The van der Waals surface area contributed by atoms with Gasteiger partial charge in [0.15, 0.2) is 5.69 Å².